The van der Waals surface area contributed by atoms with Crippen LogP contribution in [0.5, 0.6) is 0 Å². The Bertz CT molecular complexity index is 787. The molecule has 3 aromatic rings. The van der Waals surface area contributed by atoms with Crippen molar-refractivity contribution in [2.75, 3.05) is 6.54 Å². The first-order valence-electron chi connectivity index (χ1n) is 7.69. The van der Waals surface area contributed by atoms with Gasteiger partial charge in [-0.15, -0.1) is 0 Å². The molecular formula is C19H19ClN2O. The van der Waals surface area contributed by atoms with Gasteiger partial charge in [-0.3, -0.25) is 4.98 Å². The van der Waals surface area contributed by atoms with E-state index in [2.05, 4.69) is 22.4 Å². The third-order valence-corrected chi connectivity index (χ3v) is 4.24. The van der Waals surface area contributed by atoms with Crippen LogP contribution in [0.4, 0.5) is 0 Å². The van der Waals surface area contributed by atoms with Gasteiger partial charge in [0.25, 0.3) is 0 Å². The molecular weight excluding hydrogens is 308 g/mol. The molecule has 23 heavy (non-hydrogen) atoms. The minimum Gasteiger partial charge on any atom is -0.392 e. The fraction of sp³-hybridized carbons (Fsp3) is 0.211. The molecule has 0 fully saturated rings. The van der Waals surface area contributed by atoms with Crippen molar-refractivity contribution in [2.24, 2.45) is 0 Å². The number of benzene rings is 2. The molecule has 1 heterocycles. The summed E-state index contributed by atoms with van der Waals surface area (Å²) in [5, 5.41) is 14.2. The SMILES string of the molecule is OCc1ccc(CCNCc2ccc(Cl)c3cccnc23)cc1. The van der Waals surface area contributed by atoms with E-state index in [1.807, 2.05) is 36.4 Å². The largest absolute Gasteiger partial charge is 0.392 e. The van der Waals surface area contributed by atoms with Crippen LogP contribution in [0.2, 0.25) is 5.02 Å². The lowest BCUT2D eigenvalue weighted by molar-refractivity contribution is 0.282. The van der Waals surface area contributed by atoms with Crippen LogP contribution in [0.25, 0.3) is 10.9 Å². The van der Waals surface area contributed by atoms with Gasteiger partial charge in [-0.1, -0.05) is 41.9 Å². The third-order valence-electron chi connectivity index (χ3n) is 3.91. The molecule has 0 aliphatic carbocycles. The molecule has 0 unspecified atom stereocenters. The van der Waals surface area contributed by atoms with Crippen molar-refractivity contribution >= 4 is 22.5 Å². The second kappa shape index (κ2) is 7.55. The number of pyridine rings is 1. The normalized spacial score (nSPS) is 11.0. The van der Waals surface area contributed by atoms with E-state index < -0.39 is 0 Å². The van der Waals surface area contributed by atoms with E-state index in [9.17, 15) is 0 Å². The van der Waals surface area contributed by atoms with E-state index in [1.165, 1.54) is 5.56 Å². The molecule has 2 aromatic carbocycles. The summed E-state index contributed by atoms with van der Waals surface area (Å²) < 4.78 is 0. The van der Waals surface area contributed by atoms with Crippen molar-refractivity contribution in [3.63, 3.8) is 0 Å². The molecule has 0 saturated carbocycles. The molecule has 0 aliphatic rings. The highest BCUT2D eigenvalue weighted by molar-refractivity contribution is 6.35. The van der Waals surface area contributed by atoms with Crippen molar-refractivity contribution in [3.8, 4) is 0 Å². The third kappa shape index (κ3) is 3.88. The van der Waals surface area contributed by atoms with Gasteiger partial charge in [0.15, 0.2) is 0 Å². The highest BCUT2D eigenvalue weighted by atomic mass is 35.5. The van der Waals surface area contributed by atoms with E-state index >= 15 is 0 Å². The summed E-state index contributed by atoms with van der Waals surface area (Å²) >= 11 is 6.22. The smallest absolute Gasteiger partial charge is 0.0761 e. The van der Waals surface area contributed by atoms with E-state index in [-0.39, 0.29) is 6.61 Å². The number of hydrogen-bond acceptors (Lipinski definition) is 3. The lowest BCUT2D eigenvalue weighted by Crippen LogP contribution is -2.17. The van der Waals surface area contributed by atoms with E-state index in [0.29, 0.717) is 0 Å². The molecule has 1 aromatic heterocycles. The molecule has 0 atom stereocenters. The van der Waals surface area contributed by atoms with Crippen LogP contribution in [0, 0.1) is 0 Å². The van der Waals surface area contributed by atoms with Gasteiger partial charge in [0, 0.05) is 23.2 Å². The summed E-state index contributed by atoms with van der Waals surface area (Å²) in [6.45, 7) is 1.74. The fourth-order valence-corrected chi connectivity index (χ4v) is 2.82. The molecule has 118 valence electrons. The van der Waals surface area contributed by atoms with E-state index in [0.717, 1.165) is 46.6 Å². The van der Waals surface area contributed by atoms with Gasteiger partial charge in [-0.25, -0.2) is 0 Å². The number of hydrogen-bond donors (Lipinski definition) is 2. The molecule has 0 bridgehead atoms. The molecule has 2 N–H and O–H groups in total. The number of rotatable bonds is 6. The fourth-order valence-electron chi connectivity index (χ4n) is 2.61. The quantitative estimate of drug-likeness (QED) is 0.679. The van der Waals surface area contributed by atoms with Crippen molar-refractivity contribution in [1.29, 1.82) is 0 Å². The standard InChI is InChI=1S/C19H19ClN2O/c20-18-8-7-16(19-17(18)2-1-10-22-19)12-21-11-9-14-3-5-15(13-23)6-4-14/h1-8,10,21,23H,9,11-13H2. The minimum atomic E-state index is 0.0924. The summed E-state index contributed by atoms with van der Waals surface area (Å²) in [5.41, 5.74) is 4.31. The Kier molecular flexibility index (Phi) is 5.23. The molecule has 0 radical (unpaired) electrons. The topological polar surface area (TPSA) is 45.1 Å². The van der Waals surface area contributed by atoms with Crippen LogP contribution in [-0.4, -0.2) is 16.6 Å². The number of aliphatic hydroxyl groups is 1. The summed E-state index contributed by atoms with van der Waals surface area (Å²) in [5.74, 6) is 0. The minimum absolute atomic E-state index is 0.0924. The number of fused-ring (bicyclic) bond motifs is 1. The van der Waals surface area contributed by atoms with Crippen molar-refractivity contribution < 1.29 is 5.11 Å². The second-order valence-corrected chi connectivity index (χ2v) is 5.91. The summed E-state index contributed by atoms with van der Waals surface area (Å²) in [7, 11) is 0. The van der Waals surface area contributed by atoms with Crippen LogP contribution in [0.3, 0.4) is 0 Å². The van der Waals surface area contributed by atoms with Gasteiger partial charge in [0.2, 0.25) is 0 Å². The second-order valence-electron chi connectivity index (χ2n) is 5.51. The summed E-state index contributed by atoms with van der Waals surface area (Å²) in [6, 6.07) is 15.9. The van der Waals surface area contributed by atoms with Crippen LogP contribution >= 0.6 is 11.6 Å². The first kappa shape index (κ1) is 15.9. The van der Waals surface area contributed by atoms with E-state index in [4.69, 9.17) is 16.7 Å². The number of aliphatic hydroxyl groups excluding tert-OH is 1. The molecule has 0 amide bonds. The van der Waals surface area contributed by atoms with Crippen LogP contribution in [0.15, 0.2) is 54.7 Å². The van der Waals surface area contributed by atoms with Gasteiger partial charge in [-0.2, -0.15) is 0 Å². The van der Waals surface area contributed by atoms with Crippen LogP contribution in [0.1, 0.15) is 16.7 Å². The Labute approximate surface area is 140 Å². The Balaban J connectivity index is 1.59. The first-order chi connectivity index (χ1) is 11.3. The molecule has 3 rings (SSSR count). The average Bonchev–Trinajstić information content (AvgIpc) is 2.61. The summed E-state index contributed by atoms with van der Waals surface area (Å²) in [6.07, 6.45) is 2.75. The zero-order chi connectivity index (χ0) is 16.1. The monoisotopic (exact) mass is 326 g/mol. The number of aromatic nitrogens is 1. The van der Waals surface area contributed by atoms with Crippen LogP contribution in [-0.2, 0) is 19.6 Å². The first-order valence-corrected chi connectivity index (χ1v) is 8.07. The van der Waals surface area contributed by atoms with E-state index in [1.54, 1.807) is 6.20 Å². The number of halogens is 1. The number of nitrogens with zero attached hydrogens (tertiary/aromatic N) is 1. The Hall–Kier alpha value is -1.94. The van der Waals surface area contributed by atoms with Crippen LogP contribution < -0.4 is 5.32 Å². The maximum absolute atomic E-state index is 9.05. The predicted octanol–water partition coefficient (Wildman–Crippen LogP) is 3.71. The lowest BCUT2D eigenvalue weighted by Gasteiger charge is -2.09. The van der Waals surface area contributed by atoms with Gasteiger partial charge < -0.3 is 10.4 Å². The Morgan fingerprint density at radius 2 is 1.78 bits per heavy atom. The highest BCUT2D eigenvalue weighted by Crippen LogP contribution is 2.24. The summed E-state index contributed by atoms with van der Waals surface area (Å²) in [4.78, 5) is 4.45. The van der Waals surface area contributed by atoms with Gasteiger partial charge in [0.05, 0.1) is 12.1 Å². The lowest BCUT2D eigenvalue weighted by atomic mass is 10.1. The van der Waals surface area contributed by atoms with Gasteiger partial charge in [-0.05, 0) is 47.9 Å². The van der Waals surface area contributed by atoms with Gasteiger partial charge in [0.1, 0.15) is 0 Å². The molecule has 4 heteroatoms. The maximum atomic E-state index is 9.05. The zero-order valence-corrected chi connectivity index (χ0v) is 13.6. The van der Waals surface area contributed by atoms with Crippen molar-refractivity contribution in [3.05, 3.63) is 76.4 Å². The van der Waals surface area contributed by atoms with Crippen molar-refractivity contribution in [1.82, 2.24) is 10.3 Å². The van der Waals surface area contributed by atoms with Crippen molar-refractivity contribution in [2.45, 2.75) is 19.6 Å². The Morgan fingerprint density at radius 1 is 1.00 bits per heavy atom. The van der Waals surface area contributed by atoms with Gasteiger partial charge >= 0.3 is 0 Å². The Morgan fingerprint density at radius 3 is 2.57 bits per heavy atom. The number of nitrogens with one attached hydrogen (secondary N) is 1. The maximum Gasteiger partial charge on any atom is 0.0761 e. The molecule has 3 nitrogen and oxygen atoms in total. The highest BCUT2D eigenvalue weighted by Gasteiger charge is 2.05. The average molecular weight is 327 g/mol. The predicted molar refractivity (Wildman–Crippen MR) is 94.5 cm³/mol. The molecule has 0 spiro atoms. The molecule has 0 aliphatic heterocycles. The zero-order valence-electron chi connectivity index (χ0n) is 12.8. The molecule has 0 saturated heterocycles.